The van der Waals surface area contributed by atoms with Crippen LogP contribution in [0.5, 0.6) is 0 Å². The molecule has 0 atom stereocenters. The van der Waals surface area contributed by atoms with E-state index in [1.54, 1.807) is 6.26 Å². The summed E-state index contributed by atoms with van der Waals surface area (Å²) in [5, 5.41) is 7.58. The van der Waals surface area contributed by atoms with Gasteiger partial charge in [0, 0.05) is 17.5 Å². The lowest BCUT2D eigenvalue weighted by atomic mass is 9.81. The van der Waals surface area contributed by atoms with Gasteiger partial charge in [-0.2, -0.15) is 0 Å². The van der Waals surface area contributed by atoms with E-state index < -0.39 is 0 Å². The minimum Gasteiger partial charge on any atom is -0.464 e. The van der Waals surface area contributed by atoms with Crippen molar-refractivity contribution < 1.29 is 9.21 Å². The summed E-state index contributed by atoms with van der Waals surface area (Å²) < 4.78 is 5.69. The third kappa shape index (κ3) is 4.60. The van der Waals surface area contributed by atoms with Crippen LogP contribution >= 0.6 is 12.4 Å². The first-order valence-corrected chi connectivity index (χ1v) is 9.36. The van der Waals surface area contributed by atoms with E-state index >= 15 is 0 Å². The summed E-state index contributed by atoms with van der Waals surface area (Å²) in [7, 11) is 0. The average Bonchev–Trinajstić information content (AvgIpc) is 2.94. The Morgan fingerprint density at radius 1 is 1.31 bits per heavy atom. The van der Waals surface area contributed by atoms with Crippen molar-refractivity contribution in [3.63, 3.8) is 0 Å². The van der Waals surface area contributed by atoms with Gasteiger partial charge in [-0.25, -0.2) is 0 Å². The molecule has 5 heteroatoms. The van der Waals surface area contributed by atoms with Gasteiger partial charge in [-0.1, -0.05) is 20.8 Å². The van der Waals surface area contributed by atoms with Gasteiger partial charge in [0.2, 0.25) is 5.91 Å². The molecule has 0 aliphatic carbocycles. The van der Waals surface area contributed by atoms with Crippen LogP contribution in [0.4, 0.5) is 0 Å². The van der Waals surface area contributed by atoms with Crippen LogP contribution < -0.4 is 10.6 Å². The third-order valence-electron chi connectivity index (χ3n) is 5.54. The van der Waals surface area contributed by atoms with Crippen molar-refractivity contribution in [2.75, 3.05) is 19.6 Å². The van der Waals surface area contributed by atoms with E-state index in [-0.39, 0.29) is 23.7 Å². The molecule has 0 saturated carbocycles. The SMILES string of the molecule is Cc1cc2occ(CC(=O)NCC3(C)CCNCC3)c2cc1C(C)C.Cl. The fraction of sp³-hybridized carbons (Fsp3) is 0.571. The molecule has 1 aliphatic heterocycles. The van der Waals surface area contributed by atoms with E-state index in [2.05, 4.69) is 50.5 Å². The van der Waals surface area contributed by atoms with Gasteiger partial charge < -0.3 is 15.1 Å². The van der Waals surface area contributed by atoms with Crippen LogP contribution in [0.1, 0.15) is 56.2 Å². The summed E-state index contributed by atoms with van der Waals surface area (Å²) in [6.07, 6.45) is 4.33. The van der Waals surface area contributed by atoms with Crippen molar-refractivity contribution in [2.24, 2.45) is 5.41 Å². The molecule has 144 valence electrons. The molecule has 3 rings (SSSR count). The number of carbonyl (C=O) groups is 1. The molecule has 1 aromatic heterocycles. The number of carbonyl (C=O) groups excluding carboxylic acids is 1. The highest BCUT2D eigenvalue weighted by Crippen LogP contribution is 2.29. The highest BCUT2D eigenvalue weighted by atomic mass is 35.5. The van der Waals surface area contributed by atoms with Gasteiger partial charge in [0.25, 0.3) is 0 Å². The molecule has 1 aliphatic rings. The molecule has 1 fully saturated rings. The summed E-state index contributed by atoms with van der Waals surface area (Å²) in [6.45, 7) is 11.6. The number of furan rings is 1. The van der Waals surface area contributed by atoms with Crippen molar-refractivity contribution in [1.82, 2.24) is 10.6 Å². The Hall–Kier alpha value is -1.52. The van der Waals surface area contributed by atoms with Gasteiger partial charge in [0.1, 0.15) is 5.58 Å². The number of amides is 1. The second kappa shape index (κ2) is 8.45. The maximum Gasteiger partial charge on any atom is 0.224 e. The smallest absolute Gasteiger partial charge is 0.224 e. The zero-order chi connectivity index (χ0) is 18.0. The summed E-state index contributed by atoms with van der Waals surface area (Å²) in [5.41, 5.74) is 4.62. The molecular weight excluding hydrogens is 348 g/mol. The zero-order valence-corrected chi connectivity index (χ0v) is 17.1. The molecule has 0 unspecified atom stereocenters. The summed E-state index contributed by atoms with van der Waals surface area (Å²) in [5.74, 6) is 0.537. The van der Waals surface area contributed by atoms with Gasteiger partial charge >= 0.3 is 0 Å². The molecule has 2 heterocycles. The second-order valence-corrected chi connectivity index (χ2v) is 8.13. The first kappa shape index (κ1) is 20.8. The van der Waals surface area contributed by atoms with Crippen molar-refractivity contribution in [1.29, 1.82) is 0 Å². The monoisotopic (exact) mass is 378 g/mol. The Kier molecular flexibility index (Phi) is 6.75. The predicted molar refractivity (Wildman–Crippen MR) is 109 cm³/mol. The third-order valence-corrected chi connectivity index (χ3v) is 5.54. The average molecular weight is 379 g/mol. The van der Waals surface area contributed by atoms with Gasteiger partial charge in [-0.3, -0.25) is 4.79 Å². The van der Waals surface area contributed by atoms with Crippen molar-refractivity contribution >= 4 is 29.3 Å². The molecule has 1 aromatic carbocycles. The normalized spacial score (nSPS) is 16.5. The van der Waals surface area contributed by atoms with Crippen LogP contribution in [-0.2, 0) is 11.2 Å². The Balaban J connectivity index is 0.00000243. The van der Waals surface area contributed by atoms with E-state index in [0.717, 1.165) is 49.0 Å². The lowest BCUT2D eigenvalue weighted by Gasteiger charge is -2.34. The topological polar surface area (TPSA) is 54.3 Å². The highest BCUT2D eigenvalue weighted by Gasteiger charge is 2.27. The van der Waals surface area contributed by atoms with E-state index in [4.69, 9.17) is 4.42 Å². The summed E-state index contributed by atoms with van der Waals surface area (Å²) in [6, 6.07) is 4.28. The fourth-order valence-electron chi connectivity index (χ4n) is 3.76. The molecule has 0 bridgehead atoms. The molecular formula is C21H31ClN2O2. The van der Waals surface area contributed by atoms with E-state index in [1.807, 2.05) is 0 Å². The number of hydrogen-bond acceptors (Lipinski definition) is 3. The van der Waals surface area contributed by atoms with Crippen LogP contribution in [-0.4, -0.2) is 25.5 Å². The van der Waals surface area contributed by atoms with Gasteiger partial charge in [-0.05, 0) is 67.4 Å². The number of rotatable bonds is 5. The Morgan fingerprint density at radius 2 is 2.00 bits per heavy atom. The minimum atomic E-state index is 0. The number of halogens is 1. The number of hydrogen-bond donors (Lipinski definition) is 2. The Morgan fingerprint density at radius 3 is 2.65 bits per heavy atom. The fourth-order valence-corrected chi connectivity index (χ4v) is 3.76. The van der Waals surface area contributed by atoms with E-state index in [1.165, 1.54) is 11.1 Å². The van der Waals surface area contributed by atoms with Crippen molar-refractivity contribution in [2.45, 2.75) is 52.9 Å². The maximum atomic E-state index is 12.5. The first-order chi connectivity index (χ1) is 11.9. The molecule has 1 amide bonds. The maximum absolute atomic E-state index is 12.5. The van der Waals surface area contributed by atoms with Gasteiger partial charge in [0.05, 0.1) is 12.7 Å². The summed E-state index contributed by atoms with van der Waals surface area (Å²) >= 11 is 0. The standard InChI is InChI=1S/C21H30N2O2.ClH/c1-14(2)17-11-18-16(12-25-19(18)9-15(17)3)10-20(24)23-13-21(4)5-7-22-8-6-21;/h9,11-12,14,22H,5-8,10,13H2,1-4H3,(H,23,24);1H. The number of fused-ring (bicyclic) bond motifs is 1. The molecule has 2 N–H and O–H groups in total. The Bertz CT molecular complexity index is 761. The number of benzene rings is 1. The van der Waals surface area contributed by atoms with Crippen LogP contribution in [0.25, 0.3) is 11.0 Å². The molecule has 0 spiro atoms. The summed E-state index contributed by atoms with van der Waals surface area (Å²) in [4.78, 5) is 12.5. The second-order valence-electron chi connectivity index (χ2n) is 8.13. The minimum absolute atomic E-state index is 0. The van der Waals surface area contributed by atoms with Gasteiger partial charge in [-0.15, -0.1) is 12.4 Å². The number of nitrogens with one attached hydrogen (secondary N) is 2. The highest BCUT2D eigenvalue weighted by molar-refractivity contribution is 5.88. The van der Waals surface area contributed by atoms with Crippen LogP contribution in [0.15, 0.2) is 22.8 Å². The van der Waals surface area contributed by atoms with Crippen LogP contribution in [0, 0.1) is 12.3 Å². The number of aryl methyl sites for hydroxylation is 1. The molecule has 2 aromatic rings. The van der Waals surface area contributed by atoms with Crippen molar-refractivity contribution in [3.05, 3.63) is 35.1 Å². The largest absolute Gasteiger partial charge is 0.464 e. The Labute approximate surface area is 162 Å². The number of piperidine rings is 1. The molecule has 1 saturated heterocycles. The first-order valence-electron chi connectivity index (χ1n) is 9.36. The molecule has 4 nitrogen and oxygen atoms in total. The van der Waals surface area contributed by atoms with Crippen LogP contribution in [0.2, 0.25) is 0 Å². The van der Waals surface area contributed by atoms with Crippen molar-refractivity contribution in [3.8, 4) is 0 Å². The lowest BCUT2D eigenvalue weighted by Crippen LogP contribution is -2.43. The predicted octanol–water partition coefficient (Wildman–Crippen LogP) is 4.33. The van der Waals surface area contributed by atoms with E-state index in [0.29, 0.717) is 12.3 Å². The lowest BCUT2D eigenvalue weighted by molar-refractivity contribution is -0.121. The van der Waals surface area contributed by atoms with Crippen LogP contribution in [0.3, 0.4) is 0 Å². The quantitative estimate of drug-likeness (QED) is 0.813. The van der Waals surface area contributed by atoms with E-state index in [9.17, 15) is 4.79 Å². The molecule has 26 heavy (non-hydrogen) atoms. The zero-order valence-electron chi connectivity index (χ0n) is 16.3. The molecule has 0 radical (unpaired) electrons. The van der Waals surface area contributed by atoms with Gasteiger partial charge in [0.15, 0.2) is 0 Å².